The molecule has 2 N–H and O–H groups in total. The Morgan fingerprint density at radius 3 is 2.63 bits per heavy atom. The quantitative estimate of drug-likeness (QED) is 0.553. The van der Waals surface area contributed by atoms with Crippen molar-refractivity contribution in [3.63, 3.8) is 0 Å². The van der Waals surface area contributed by atoms with E-state index in [-0.39, 0.29) is 17.9 Å². The van der Waals surface area contributed by atoms with Gasteiger partial charge in [0, 0.05) is 5.56 Å². The molecule has 4 aromatic rings. The summed E-state index contributed by atoms with van der Waals surface area (Å²) in [5.41, 5.74) is 6.03. The molecule has 0 spiro atoms. The molecule has 1 amide bonds. The number of amides is 1. The minimum Gasteiger partial charge on any atom is -0.365 e. The van der Waals surface area contributed by atoms with Gasteiger partial charge in [-0.2, -0.15) is 0 Å². The molecule has 0 bridgehead atoms. The third-order valence-corrected chi connectivity index (χ3v) is 5.74. The number of primary amides is 1. The first-order valence-electron chi connectivity index (χ1n) is 8.26. The van der Waals surface area contributed by atoms with Crippen molar-refractivity contribution in [2.24, 2.45) is 5.73 Å². The first kappa shape index (κ1) is 17.1. The van der Waals surface area contributed by atoms with E-state index in [0.717, 1.165) is 22.1 Å². The number of hydrogen-bond donors (Lipinski definition) is 1. The lowest BCUT2D eigenvalue weighted by Crippen LogP contribution is -2.24. The SMILES string of the molecule is Cc1c(C(N)=O)sc2ncn(CC(=O)c3ccc4ccccc4c3)c(=O)c12. The van der Waals surface area contributed by atoms with Crippen LogP contribution in [-0.2, 0) is 6.54 Å². The van der Waals surface area contributed by atoms with Gasteiger partial charge in [-0.1, -0.05) is 36.4 Å². The van der Waals surface area contributed by atoms with Crippen LogP contribution in [0, 0.1) is 6.92 Å². The van der Waals surface area contributed by atoms with Crippen molar-refractivity contribution < 1.29 is 9.59 Å². The first-order valence-corrected chi connectivity index (χ1v) is 9.07. The lowest BCUT2D eigenvalue weighted by atomic mass is 10.0. The molecule has 7 heteroatoms. The summed E-state index contributed by atoms with van der Waals surface area (Å²) < 4.78 is 1.27. The summed E-state index contributed by atoms with van der Waals surface area (Å²) in [5, 5.41) is 2.34. The zero-order valence-corrected chi connectivity index (χ0v) is 15.2. The Labute approximate surface area is 157 Å². The third-order valence-electron chi connectivity index (χ3n) is 4.53. The molecule has 2 aromatic carbocycles. The van der Waals surface area contributed by atoms with E-state index in [1.165, 1.54) is 10.9 Å². The van der Waals surface area contributed by atoms with E-state index in [9.17, 15) is 14.4 Å². The summed E-state index contributed by atoms with van der Waals surface area (Å²) in [4.78, 5) is 42.0. The molecular formula is C20H15N3O3S. The van der Waals surface area contributed by atoms with Crippen LogP contribution in [0.3, 0.4) is 0 Å². The van der Waals surface area contributed by atoms with Crippen molar-refractivity contribution in [1.29, 1.82) is 0 Å². The molecule has 6 nitrogen and oxygen atoms in total. The Morgan fingerprint density at radius 2 is 1.89 bits per heavy atom. The number of rotatable bonds is 4. The minimum atomic E-state index is -0.589. The molecule has 0 atom stereocenters. The van der Waals surface area contributed by atoms with E-state index in [0.29, 0.717) is 26.2 Å². The Balaban J connectivity index is 1.73. The molecule has 4 rings (SSSR count). The molecular weight excluding hydrogens is 362 g/mol. The van der Waals surface area contributed by atoms with Crippen LogP contribution in [0.4, 0.5) is 0 Å². The van der Waals surface area contributed by atoms with Crippen molar-refractivity contribution in [2.45, 2.75) is 13.5 Å². The van der Waals surface area contributed by atoms with E-state index in [1.807, 2.05) is 36.4 Å². The van der Waals surface area contributed by atoms with Crippen molar-refractivity contribution in [2.75, 3.05) is 0 Å². The fraction of sp³-hybridized carbons (Fsp3) is 0.100. The second-order valence-corrected chi connectivity index (χ2v) is 7.26. The maximum atomic E-state index is 12.8. The van der Waals surface area contributed by atoms with Crippen LogP contribution in [-0.4, -0.2) is 21.2 Å². The molecule has 0 aliphatic rings. The fourth-order valence-electron chi connectivity index (χ4n) is 3.12. The first-order chi connectivity index (χ1) is 13.0. The van der Waals surface area contributed by atoms with Crippen LogP contribution in [0.15, 0.2) is 53.6 Å². The molecule has 0 aliphatic heterocycles. The van der Waals surface area contributed by atoms with Crippen LogP contribution in [0.5, 0.6) is 0 Å². The highest BCUT2D eigenvalue weighted by molar-refractivity contribution is 7.20. The van der Waals surface area contributed by atoms with Crippen LogP contribution in [0.25, 0.3) is 21.0 Å². The van der Waals surface area contributed by atoms with Crippen molar-refractivity contribution in [3.8, 4) is 0 Å². The van der Waals surface area contributed by atoms with Gasteiger partial charge >= 0.3 is 0 Å². The van der Waals surface area contributed by atoms with Gasteiger partial charge in [0.1, 0.15) is 4.83 Å². The maximum absolute atomic E-state index is 12.8. The molecule has 27 heavy (non-hydrogen) atoms. The van der Waals surface area contributed by atoms with Crippen molar-refractivity contribution >= 4 is 44.0 Å². The molecule has 0 saturated carbocycles. The second-order valence-electron chi connectivity index (χ2n) is 6.26. The van der Waals surface area contributed by atoms with Gasteiger partial charge in [0.2, 0.25) is 0 Å². The molecule has 0 unspecified atom stereocenters. The zero-order valence-electron chi connectivity index (χ0n) is 14.4. The van der Waals surface area contributed by atoms with Crippen LogP contribution >= 0.6 is 11.3 Å². The number of hydrogen-bond acceptors (Lipinski definition) is 5. The number of carbonyl (C=O) groups is 2. The number of aryl methyl sites for hydroxylation is 1. The van der Waals surface area contributed by atoms with Crippen molar-refractivity contribution in [1.82, 2.24) is 9.55 Å². The number of carbonyl (C=O) groups excluding carboxylic acids is 2. The van der Waals surface area contributed by atoms with Gasteiger partial charge in [-0.05, 0) is 29.3 Å². The smallest absolute Gasteiger partial charge is 0.262 e. The predicted octanol–water partition coefficient (Wildman–Crippen LogP) is 2.90. The third kappa shape index (κ3) is 2.92. The number of ketones is 1. The molecule has 2 heterocycles. The summed E-state index contributed by atoms with van der Waals surface area (Å²) in [7, 11) is 0. The Kier molecular flexibility index (Phi) is 4.08. The molecule has 0 saturated heterocycles. The summed E-state index contributed by atoms with van der Waals surface area (Å²) in [6.45, 7) is 1.54. The number of nitrogens with zero attached hydrogens (tertiary/aromatic N) is 2. The van der Waals surface area contributed by atoms with E-state index < -0.39 is 5.91 Å². The van der Waals surface area contributed by atoms with Gasteiger partial charge in [0.05, 0.1) is 23.1 Å². The molecule has 134 valence electrons. The van der Waals surface area contributed by atoms with E-state index in [2.05, 4.69) is 4.98 Å². The Bertz CT molecular complexity index is 1290. The van der Waals surface area contributed by atoms with Crippen LogP contribution < -0.4 is 11.3 Å². The average molecular weight is 377 g/mol. The van der Waals surface area contributed by atoms with Gasteiger partial charge in [0.15, 0.2) is 5.78 Å². The lowest BCUT2D eigenvalue weighted by Gasteiger charge is -2.06. The second kappa shape index (κ2) is 6.44. The standard InChI is InChI=1S/C20H15N3O3S/c1-11-16-19(27-17(11)18(21)25)22-10-23(20(16)26)9-15(24)14-7-6-12-4-2-3-5-13(12)8-14/h2-8,10H,9H2,1H3,(H2,21,25). The van der Waals surface area contributed by atoms with Gasteiger partial charge in [-0.25, -0.2) is 4.98 Å². The summed E-state index contributed by atoms with van der Waals surface area (Å²) >= 11 is 1.09. The van der Waals surface area contributed by atoms with Crippen molar-refractivity contribution in [3.05, 3.63) is 75.1 Å². The molecule has 0 fully saturated rings. The normalized spacial score (nSPS) is 11.1. The monoisotopic (exact) mass is 377 g/mol. The highest BCUT2D eigenvalue weighted by Gasteiger charge is 2.18. The van der Waals surface area contributed by atoms with E-state index in [1.54, 1.807) is 13.0 Å². The van der Waals surface area contributed by atoms with Crippen LogP contribution in [0.2, 0.25) is 0 Å². The fourth-order valence-corrected chi connectivity index (χ4v) is 4.11. The number of benzene rings is 2. The maximum Gasteiger partial charge on any atom is 0.262 e. The highest BCUT2D eigenvalue weighted by atomic mass is 32.1. The zero-order chi connectivity index (χ0) is 19.1. The average Bonchev–Trinajstić information content (AvgIpc) is 3.01. The van der Waals surface area contributed by atoms with Gasteiger partial charge < -0.3 is 5.73 Å². The van der Waals surface area contributed by atoms with E-state index >= 15 is 0 Å². The molecule has 0 radical (unpaired) electrons. The minimum absolute atomic E-state index is 0.124. The van der Waals surface area contributed by atoms with Gasteiger partial charge in [-0.15, -0.1) is 11.3 Å². The predicted molar refractivity (Wildman–Crippen MR) is 105 cm³/mol. The largest absolute Gasteiger partial charge is 0.365 e. The number of nitrogens with two attached hydrogens (primary N) is 1. The lowest BCUT2D eigenvalue weighted by molar-refractivity contribution is 0.0968. The van der Waals surface area contributed by atoms with E-state index in [4.69, 9.17) is 5.73 Å². The number of aromatic nitrogens is 2. The topological polar surface area (TPSA) is 95.1 Å². The Hall–Kier alpha value is -3.32. The number of Topliss-reactive ketones (excluding diaryl/α,β-unsaturated/α-hetero) is 1. The Morgan fingerprint density at radius 1 is 1.15 bits per heavy atom. The summed E-state index contributed by atoms with van der Waals surface area (Å²) in [6.07, 6.45) is 1.34. The van der Waals surface area contributed by atoms with Gasteiger partial charge in [-0.3, -0.25) is 19.0 Å². The highest BCUT2D eigenvalue weighted by Crippen LogP contribution is 2.26. The number of thiophene rings is 1. The summed E-state index contributed by atoms with van der Waals surface area (Å²) in [5.74, 6) is -0.777. The number of fused-ring (bicyclic) bond motifs is 2. The summed E-state index contributed by atoms with van der Waals surface area (Å²) in [6, 6.07) is 13.2. The molecule has 2 aromatic heterocycles. The van der Waals surface area contributed by atoms with Crippen LogP contribution in [0.1, 0.15) is 25.6 Å². The van der Waals surface area contributed by atoms with Gasteiger partial charge in [0.25, 0.3) is 11.5 Å². The molecule has 0 aliphatic carbocycles.